The average molecular weight is 362 g/mol. The first-order valence-electron chi connectivity index (χ1n) is 8.34. The molecule has 0 fully saturated rings. The molecule has 26 heavy (non-hydrogen) atoms. The molecule has 1 aliphatic rings. The van der Waals surface area contributed by atoms with Crippen molar-refractivity contribution in [1.82, 2.24) is 14.8 Å². The van der Waals surface area contributed by atoms with Gasteiger partial charge in [-0.25, -0.2) is 8.78 Å². The molecule has 0 saturated carbocycles. The van der Waals surface area contributed by atoms with E-state index in [1.54, 1.807) is 0 Å². The van der Waals surface area contributed by atoms with Gasteiger partial charge in [0.2, 0.25) is 11.8 Å². The van der Waals surface area contributed by atoms with E-state index >= 15 is 0 Å². The van der Waals surface area contributed by atoms with E-state index < -0.39 is 17.5 Å². The van der Waals surface area contributed by atoms with Crippen LogP contribution in [0.15, 0.2) is 36.5 Å². The second-order valence-corrected chi connectivity index (χ2v) is 6.23. The van der Waals surface area contributed by atoms with E-state index in [4.69, 9.17) is 0 Å². The minimum absolute atomic E-state index is 0.112. The normalized spacial score (nSPS) is 16.8. The summed E-state index contributed by atoms with van der Waals surface area (Å²) in [5.41, 5.74) is 1.29. The summed E-state index contributed by atoms with van der Waals surface area (Å²) in [6, 6.07) is 7.20. The van der Waals surface area contributed by atoms with Crippen molar-refractivity contribution < 1.29 is 18.4 Å². The van der Waals surface area contributed by atoms with Crippen LogP contribution in [0.25, 0.3) is 0 Å². The summed E-state index contributed by atoms with van der Waals surface area (Å²) in [5, 5.41) is 4.96. The lowest BCUT2D eigenvalue weighted by Gasteiger charge is -2.34. The highest BCUT2D eigenvalue weighted by Crippen LogP contribution is 2.24. The fraction of sp³-hybridized carbons (Fsp3) is 0.333. The van der Waals surface area contributed by atoms with E-state index in [1.165, 1.54) is 6.07 Å². The number of hydrogen-bond donors (Lipinski definition) is 2. The Kier molecular flexibility index (Phi) is 5.32. The van der Waals surface area contributed by atoms with Gasteiger partial charge in [0.15, 0.2) is 11.6 Å². The number of benzene rings is 1. The molecule has 1 aliphatic heterocycles. The summed E-state index contributed by atoms with van der Waals surface area (Å²) >= 11 is 0. The Hall–Kier alpha value is -2.74. The number of carbonyl (C=O) groups excluding carboxylic acids is 2. The van der Waals surface area contributed by atoms with Gasteiger partial charge in [0.25, 0.3) is 0 Å². The molecule has 138 valence electrons. The lowest BCUT2D eigenvalue weighted by molar-refractivity contribution is -0.125. The number of rotatable bonds is 5. The molecule has 0 bridgehead atoms. The quantitative estimate of drug-likeness (QED) is 0.854. The largest absolute Gasteiger partial charge is 0.349 e. The molecule has 3 rings (SSSR count). The van der Waals surface area contributed by atoms with E-state index in [0.717, 1.165) is 30.9 Å². The number of aromatic nitrogens is 1. The highest BCUT2D eigenvalue weighted by Gasteiger charge is 2.25. The van der Waals surface area contributed by atoms with Crippen LogP contribution in [-0.4, -0.2) is 40.9 Å². The van der Waals surface area contributed by atoms with Crippen LogP contribution in [0, 0.1) is 11.6 Å². The van der Waals surface area contributed by atoms with Crippen LogP contribution in [-0.2, 0) is 16.1 Å². The fourth-order valence-electron chi connectivity index (χ4n) is 3.04. The van der Waals surface area contributed by atoms with Gasteiger partial charge in [-0.1, -0.05) is 0 Å². The predicted octanol–water partition coefficient (Wildman–Crippen LogP) is 1.90. The average Bonchev–Trinajstić information content (AvgIpc) is 3.08. The second-order valence-electron chi connectivity index (χ2n) is 6.23. The maximum atomic E-state index is 13.1. The van der Waals surface area contributed by atoms with E-state index in [1.807, 2.05) is 30.2 Å². The molecule has 0 saturated heterocycles. The molecule has 2 heterocycles. The molecular formula is C18H20F2N4O2. The topological polar surface area (TPSA) is 66.4 Å². The second kappa shape index (κ2) is 7.65. The molecule has 0 aliphatic carbocycles. The Balaban J connectivity index is 1.46. The van der Waals surface area contributed by atoms with Crippen LogP contribution in [0.4, 0.5) is 14.5 Å². The van der Waals surface area contributed by atoms with E-state index in [9.17, 15) is 18.4 Å². The van der Waals surface area contributed by atoms with Crippen molar-refractivity contribution in [3.8, 4) is 0 Å². The molecule has 1 unspecified atom stereocenters. The lowest BCUT2D eigenvalue weighted by atomic mass is 10.1. The smallest absolute Gasteiger partial charge is 0.243 e. The first kappa shape index (κ1) is 18.1. The van der Waals surface area contributed by atoms with Gasteiger partial charge in [0.05, 0.1) is 13.1 Å². The molecule has 0 radical (unpaired) electrons. The van der Waals surface area contributed by atoms with Gasteiger partial charge in [-0.3, -0.25) is 14.5 Å². The van der Waals surface area contributed by atoms with Crippen LogP contribution < -0.4 is 10.6 Å². The first-order valence-corrected chi connectivity index (χ1v) is 8.34. The molecule has 1 atom stereocenters. The summed E-state index contributed by atoms with van der Waals surface area (Å²) in [7, 11) is 0. The maximum absolute atomic E-state index is 13.1. The van der Waals surface area contributed by atoms with Crippen molar-refractivity contribution in [3.63, 3.8) is 0 Å². The Morgan fingerprint density at radius 1 is 1.15 bits per heavy atom. The van der Waals surface area contributed by atoms with Gasteiger partial charge in [0.1, 0.15) is 0 Å². The van der Waals surface area contributed by atoms with Crippen LogP contribution in [0.5, 0.6) is 0 Å². The van der Waals surface area contributed by atoms with Crippen LogP contribution >= 0.6 is 0 Å². The molecule has 1 aromatic heterocycles. The molecule has 8 heteroatoms. The summed E-state index contributed by atoms with van der Waals surface area (Å²) in [6.07, 6.45) is 2.02. The van der Waals surface area contributed by atoms with Crippen molar-refractivity contribution in [2.24, 2.45) is 0 Å². The molecule has 2 aromatic rings. The number of nitrogens with one attached hydrogen (secondary N) is 2. The maximum Gasteiger partial charge on any atom is 0.243 e. The standard InChI is InChI=1S/C18H20F2N4O2/c1-12-16-3-2-6-23(16)7-8-24(12)11-18(26)21-10-17(25)22-13-4-5-14(19)15(20)9-13/h2-6,9,12H,7-8,10-11H2,1H3,(H,21,26)(H,22,25). The van der Waals surface area contributed by atoms with E-state index in [-0.39, 0.29) is 30.7 Å². The highest BCUT2D eigenvalue weighted by atomic mass is 19.2. The van der Waals surface area contributed by atoms with Gasteiger partial charge in [-0.05, 0) is 31.2 Å². The van der Waals surface area contributed by atoms with Crippen LogP contribution in [0.3, 0.4) is 0 Å². The summed E-state index contributed by atoms with van der Waals surface area (Å²) in [4.78, 5) is 26.0. The van der Waals surface area contributed by atoms with Crippen molar-refractivity contribution in [2.45, 2.75) is 19.5 Å². The number of hydrogen-bond acceptors (Lipinski definition) is 3. The van der Waals surface area contributed by atoms with Gasteiger partial charge in [-0.15, -0.1) is 0 Å². The zero-order valence-electron chi connectivity index (χ0n) is 14.3. The molecule has 2 amide bonds. The summed E-state index contributed by atoms with van der Waals surface area (Å²) in [6.45, 7) is 3.54. The Labute approximate surface area is 149 Å². The van der Waals surface area contributed by atoms with Gasteiger partial charge >= 0.3 is 0 Å². The summed E-state index contributed by atoms with van der Waals surface area (Å²) in [5.74, 6) is -2.81. The number of fused-ring (bicyclic) bond motifs is 1. The van der Waals surface area contributed by atoms with E-state index in [2.05, 4.69) is 15.2 Å². The van der Waals surface area contributed by atoms with Crippen LogP contribution in [0.2, 0.25) is 0 Å². The number of nitrogens with zero attached hydrogens (tertiary/aromatic N) is 2. The predicted molar refractivity (Wildman–Crippen MR) is 92.4 cm³/mol. The third-order valence-corrected chi connectivity index (χ3v) is 4.46. The third kappa shape index (κ3) is 4.08. The number of anilines is 1. The Bertz CT molecular complexity index is 821. The summed E-state index contributed by atoms with van der Waals surface area (Å²) < 4.78 is 28.1. The molecule has 6 nitrogen and oxygen atoms in total. The molecule has 1 aromatic carbocycles. The van der Waals surface area contributed by atoms with E-state index in [0.29, 0.717) is 0 Å². The Morgan fingerprint density at radius 2 is 1.96 bits per heavy atom. The number of halogens is 2. The lowest BCUT2D eigenvalue weighted by Crippen LogP contribution is -2.44. The zero-order valence-corrected chi connectivity index (χ0v) is 14.3. The SMILES string of the molecule is CC1c2cccn2CCN1CC(=O)NCC(=O)Nc1ccc(F)c(F)c1. The van der Waals surface area contributed by atoms with Gasteiger partial charge < -0.3 is 15.2 Å². The van der Waals surface area contributed by atoms with Crippen molar-refractivity contribution in [3.05, 3.63) is 53.9 Å². The van der Waals surface area contributed by atoms with Gasteiger partial charge in [0, 0.05) is 42.8 Å². The Morgan fingerprint density at radius 3 is 2.73 bits per heavy atom. The van der Waals surface area contributed by atoms with Crippen LogP contribution in [0.1, 0.15) is 18.7 Å². The zero-order chi connectivity index (χ0) is 18.7. The number of carbonyl (C=O) groups is 2. The molecule has 0 spiro atoms. The number of amides is 2. The molecular weight excluding hydrogens is 342 g/mol. The minimum atomic E-state index is -1.05. The minimum Gasteiger partial charge on any atom is -0.349 e. The third-order valence-electron chi connectivity index (χ3n) is 4.46. The first-order chi connectivity index (χ1) is 12.4. The van der Waals surface area contributed by atoms with Gasteiger partial charge in [-0.2, -0.15) is 0 Å². The van der Waals surface area contributed by atoms with Crippen molar-refractivity contribution in [1.29, 1.82) is 0 Å². The highest BCUT2D eigenvalue weighted by molar-refractivity contribution is 5.94. The van der Waals surface area contributed by atoms with Crippen molar-refractivity contribution in [2.75, 3.05) is 25.0 Å². The van der Waals surface area contributed by atoms with Crippen molar-refractivity contribution >= 4 is 17.5 Å². The fourth-order valence-corrected chi connectivity index (χ4v) is 3.04. The monoisotopic (exact) mass is 362 g/mol. The molecule has 2 N–H and O–H groups in total.